The van der Waals surface area contributed by atoms with Gasteiger partial charge in [-0.1, -0.05) is 22.8 Å². The maximum Gasteiger partial charge on any atom is 0.275 e. The van der Waals surface area contributed by atoms with Crippen LogP contribution in [-0.2, 0) is 0 Å². The van der Waals surface area contributed by atoms with Gasteiger partial charge < -0.3 is 4.52 Å². The predicted octanol–water partition coefficient (Wildman–Crippen LogP) is 3.66. The Bertz CT molecular complexity index is 999. The van der Waals surface area contributed by atoms with Crippen LogP contribution < -0.4 is 10.9 Å². The average Bonchev–Trinajstić information content (AvgIpc) is 3.01. The number of benzene rings is 2. The number of aromatic nitrogens is 1. The van der Waals surface area contributed by atoms with Crippen LogP contribution in [-0.4, -0.2) is 17.0 Å². The van der Waals surface area contributed by atoms with E-state index in [4.69, 9.17) is 16.1 Å². The van der Waals surface area contributed by atoms with Crippen molar-refractivity contribution in [3.63, 3.8) is 0 Å². The van der Waals surface area contributed by atoms with Crippen LogP contribution in [0.5, 0.6) is 0 Å². The monoisotopic (exact) mass is 391 g/mol. The zero-order chi connectivity index (χ0) is 19.6. The fourth-order valence-electron chi connectivity index (χ4n) is 2.38. The minimum atomic E-state index is -0.779. The predicted molar refractivity (Wildman–Crippen MR) is 93.0 cm³/mol. The third-order valence-corrected chi connectivity index (χ3v) is 4.00. The van der Waals surface area contributed by atoms with Crippen molar-refractivity contribution in [3.8, 4) is 11.3 Å². The summed E-state index contributed by atoms with van der Waals surface area (Å²) in [6.07, 6.45) is 0. The molecule has 1 aromatic heterocycles. The zero-order valence-corrected chi connectivity index (χ0v) is 14.6. The van der Waals surface area contributed by atoms with Crippen LogP contribution in [0.1, 0.15) is 26.5 Å². The van der Waals surface area contributed by atoms with E-state index in [-0.39, 0.29) is 33.2 Å². The number of hydrazine groups is 1. The van der Waals surface area contributed by atoms with Crippen molar-refractivity contribution in [2.24, 2.45) is 0 Å². The molecule has 0 atom stereocenters. The normalized spacial score (nSPS) is 10.5. The highest BCUT2D eigenvalue weighted by Gasteiger charge is 2.25. The Morgan fingerprint density at radius 3 is 2.37 bits per heavy atom. The number of carbonyl (C=O) groups excluding carboxylic acids is 2. The van der Waals surface area contributed by atoms with E-state index in [2.05, 4.69) is 16.0 Å². The molecule has 0 unspecified atom stereocenters. The summed E-state index contributed by atoms with van der Waals surface area (Å²) in [5.74, 6) is -2.51. The molecule has 3 aromatic rings. The van der Waals surface area contributed by atoms with Crippen LogP contribution >= 0.6 is 11.6 Å². The molecule has 2 N–H and O–H groups in total. The van der Waals surface area contributed by atoms with E-state index >= 15 is 0 Å². The van der Waals surface area contributed by atoms with Gasteiger partial charge in [0.05, 0.1) is 10.6 Å². The highest BCUT2D eigenvalue weighted by molar-refractivity contribution is 6.33. The number of halogens is 3. The van der Waals surface area contributed by atoms with Gasteiger partial charge in [0, 0.05) is 5.56 Å². The van der Waals surface area contributed by atoms with Crippen molar-refractivity contribution in [2.45, 2.75) is 6.92 Å². The maximum absolute atomic E-state index is 14.2. The molecule has 0 aliphatic rings. The molecule has 1 heterocycles. The number of nitrogens with zero attached hydrogens (tertiary/aromatic N) is 1. The van der Waals surface area contributed by atoms with Crippen LogP contribution in [0.4, 0.5) is 8.78 Å². The Labute approximate surface area is 157 Å². The Hall–Kier alpha value is -3.26. The number of hydrogen-bond donors (Lipinski definition) is 2. The van der Waals surface area contributed by atoms with E-state index in [1.54, 1.807) is 0 Å². The summed E-state index contributed by atoms with van der Waals surface area (Å²) in [5.41, 5.74) is 4.24. The molecule has 27 heavy (non-hydrogen) atoms. The second-order valence-corrected chi connectivity index (χ2v) is 5.88. The summed E-state index contributed by atoms with van der Waals surface area (Å²) in [6.45, 7) is 1.46. The van der Waals surface area contributed by atoms with Crippen LogP contribution in [0.15, 0.2) is 47.0 Å². The lowest BCUT2D eigenvalue weighted by Gasteiger charge is -2.09. The molecule has 9 heteroatoms. The van der Waals surface area contributed by atoms with Gasteiger partial charge in [-0.15, -0.1) is 0 Å². The van der Waals surface area contributed by atoms with Crippen molar-refractivity contribution < 1.29 is 22.9 Å². The molecule has 0 spiro atoms. The summed E-state index contributed by atoms with van der Waals surface area (Å²) in [4.78, 5) is 24.5. The van der Waals surface area contributed by atoms with Crippen molar-refractivity contribution in [1.82, 2.24) is 16.0 Å². The third kappa shape index (κ3) is 3.80. The molecule has 2 amide bonds. The summed E-state index contributed by atoms with van der Waals surface area (Å²) in [6, 6.07) is 8.76. The van der Waals surface area contributed by atoms with E-state index in [0.717, 1.165) is 12.1 Å². The lowest BCUT2D eigenvalue weighted by Crippen LogP contribution is -2.41. The summed E-state index contributed by atoms with van der Waals surface area (Å²) < 4.78 is 32.1. The molecule has 0 radical (unpaired) electrons. The van der Waals surface area contributed by atoms with Gasteiger partial charge in [0.1, 0.15) is 28.7 Å². The molecule has 2 aromatic carbocycles. The fourth-order valence-corrected chi connectivity index (χ4v) is 2.64. The Morgan fingerprint density at radius 2 is 1.70 bits per heavy atom. The van der Waals surface area contributed by atoms with E-state index in [0.29, 0.717) is 0 Å². The number of aryl methyl sites for hydroxylation is 1. The van der Waals surface area contributed by atoms with Crippen LogP contribution in [0.3, 0.4) is 0 Å². The average molecular weight is 392 g/mol. The fraction of sp³-hybridized carbons (Fsp3) is 0.0556. The minimum Gasteiger partial charge on any atom is -0.360 e. The molecular weight excluding hydrogens is 380 g/mol. The van der Waals surface area contributed by atoms with Crippen molar-refractivity contribution >= 4 is 23.4 Å². The van der Waals surface area contributed by atoms with Crippen LogP contribution in [0, 0.1) is 18.6 Å². The van der Waals surface area contributed by atoms with Gasteiger partial charge in [-0.2, -0.15) is 0 Å². The maximum atomic E-state index is 14.2. The number of hydrogen-bond acceptors (Lipinski definition) is 4. The SMILES string of the molecule is Cc1onc(-c2c(F)cccc2Cl)c1C(=O)NNC(=O)c1ccc(F)cc1. The molecular formula is C18H12ClF2N3O3. The first kappa shape index (κ1) is 18.5. The smallest absolute Gasteiger partial charge is 0.275 e. The molecule has 0 aliphatic heterocycles. The van der Waals surface area contributed by atoms with Gasteiger partial charge in [0.15, 0.2) is 0 Å². The van der Waals surface area contributed by atoms with E-state index < -0.39 is 23.4 Å². The molecule has 138 valence electrons. The lowest BCUT2D eigenvalue weighted by atomic mass is 10.1. The molecule has 0 saturated carbocycles. The zero-order valence-electron chi connectivity index (χ0n) is 13.8. The van der Waals surface area contributed by atoms with E-state index in [9.17, 15) is 18.4 Å². The van der Waals surface area contributed by atoms with Gasteiger partial charge in [-0.3, -0.25) is 20.4 Å². The first-order valence-electron chi connectivity index (χ1n) is 7.65. The number of nitrogens with one attached hydrogen (secondary N) is 2. The summed E-state index contributed by atoms with van der Waals surface area (Å²) in [7, 11) is 0. The minimum absolute atomic E-state index is 0.0488. The van der Waals surface area contributed by atoms with Crippen molar-refractivity contribution in [3.05, 3.63) is 76.0 Å². The number of carbonyl (C=O) groups is 2. The van der Waals surface area contributed by atoms with E-state index in [1.807, 2.05) is 0 Å². The first-order chi connectivity index (χ1) is 12.9. The van der Waals surface area contributed by atoms with Gasteiger partial charge >= 0.3 is 0 Å². The van der Waals surface area contributed by atoms with Crippen LogP contribution in [0.2, 0.25) is 5.02 Å². The van der Waals surface area contributed by atoms with Gasteiger partial charge in [-0.25, -0.2) is 8.78 Å². The molecule has 0 aliphatic carbocycles. The van der Waals surface area contributed by atoms with Gasteiger partial charge in [-0.05, 0) is 43.3 Å². The number of amides is 2. The molecule has 6 nitrogen and oxygen atoms in total. The second-order valence-electron chi connectivity index (χ2n) is 5.47. The quantitative estimate of drug-likeness (QED) is 0.667. The Balaban J connectivity index is 1.83. The molecule has 3 rings (SSSR count). The highest BCUT2D eigenvalue weighted by Crippen LogP contribution is 2.33. The largest absolute Gasteiger partial charge is 0.360 e. The third-order valence-electron chi connectivity index (χ3n) is 3.69. The lowest BCUT2D eigenvalue weighted by molar-refractivity contribution is 0.0846. The summed E-state index contributed by atoms with van der Waals surface area (Å²) in [5, 5.41) is 3.76. The van der Waals surface area contributed by atoms with Crippen molar-refractivity contribution in [1.29, 1.82) is 0 Å². The molecule has 0 bridgehead atoms. The standard InChI is InChI=1S/C18H12ClF2N3O3/c1-9-14(16(24-27-9)15-12(19)3-2-4-13(15)21)18(26)23-22-17(25)10-5-7-11(20)8-6-10/h2-8H,1H3,(H,22,25)(H,23,26). The van der Waals surface area contributed by atoms with Gasteiger partial charge in [0.25, 0.3) is 11.8 Å². The van der Waals surface area contributed by atoms with Gasteiger partial charge in [0.2, 0.25) is 0 Å². The summed E-state index contributed by atoms with van der Waals surface area (Å²) >= 11 is 6.02. The Morgan fingerprint density at radius 1 is 1.04 bits per heavy atom. The second kappa shape index (κ2) is 7.55. The Kier molecular flexibility index (Phi) is 5.18. The molecule has 0 fully saturated rings. The van der Waals surface area contributed by atoms with Crippen molar-refractivity contribution in [2.75, 3.05) is 0 Å². The van der Waals surface area contributed by atoms with Crippen LogP contribution in [0.25, 0.3) is 11.3 Å². The van der Waals surface area contributed by atoms with E-state index in [1.165, 1.54) is 37.3 Å². The number of rotatable bonds is 3. The highest BCUT2D eigenvalue weighted by atomic mass is 35.5. The molecule has 0 saturated heterocycles. The topological polar surface area (TPSA) is 84.2 Å². The first-order valence-corrected chi connectivity index (χ1v) is 8.03.